The second kappa shape index (κ2) is 8.11. The first-order valence-electron chi connectivity index (χ1n) is 6.36. The van der Waals surface area contributed by atoms with Crippen LogP contribution in [-0.4, -0.2) is 32.9 Å². The number of rotatable bonds is 7. The highest BCUT2D eigenvalue weighted by Gasteiger charge is 2.17. The van der Waals surface area contributed by atoms with Gasteiger partial charge in [0.1, 0.15) is 5.82 Å². The predicted octanol–water partition coefficient (Wildman–Crippen LogP) is 3.30. The number of hydrogen-bond donors (Lipinski definition) is 2. The maximum absolute atomic E-state index is 12.1. The molecule has 0 aliphatic heterocycles. The van der Waals surface area contributed by atoms with Crippen molar-refractivity contribution in [2.24, 2.45) is 0 Å². The highest BCUT2D eigenvalue weighted by atomic mass is 35.5. The molecule has 116 valence electrons. The SMILES string of the molecule is C=CCNc1nnc(S[C@H](C)C(=O)Nc2ccc(Cl)cn2)s1. The van der Waals surface area contributed by atoms with Crippen LogP contribution in [0, 0.1) is 0 Å². The maximum atomic E-state index is 12.1. The summed E-state index contributed by atoms with van der Waals surface area (Å²) < 4.78 is 0.721. The Morgan fingerprint density at radius 1 is 1.55 bits per heavy atom. The van der Waals surface area contributed by atoms with E-state index < -0.39 is 0 Å². The lowest BCUT2D eigenvalue weighted by Gasteiger charge is -2.09. The summed E-state index contributed by atoms with van der Waals surface area (Å²) in [7, 11) is 0. The highest BCUT2D eigenvalue weighted by Crippen LogP contribution is 2.29. The summed E-state index contributed by atoms with van der Waals surface area (Å²) in [5.41, 5.74) is 0. The maximum Gasteiger partial charge on any atom is 0.238 e. The van der Waals surface area contributed by atoms with Gasteiger partial charge in [0.05, 0.1) is 10.3 Å². The van der Waals surface area contributed by atoms with Crippen LogP contribution in [0.5, 0.6) is 0 Å². The molecule has 2 aromatic heterocycles. The number of halogens is 1. The number of carbonyl (C=O) groups is 1. The van der Waals surface area contributed by atoms with Gasteiger partial charge in [0.25, 0.3) is 0 Å². The molecule has 0 aliphatic rings. The molecule has 1 amide bonds. The number of carbonyl (C=O) groups excluding carboxylic acids is 1. The van der Waals surface area contributed by atoms with Gasteiger partial charge in [-0.15, -0.1) is 16.8 Å². The number of hydrogen-bond acceptors (Lipinski definition) is 7. The number of nitrogens with zero attached hydrogens (tertiary/aromatic N) is 3. The average Bonchev–Trinajstić information content (AvgIpc) is 2.95. The number of thioether (sulfide) groups is 1. The molecule has 0 aliphatic carbocycles. The van der Waals surface area contributed by atoms with Gasteiger partial charge in [-0.2, -0.15) is 0 Å². The van der Waals surface area contributed by atoms with Crippen molar-refractivity contribution in [3.8, 4) is 0 Å². The number of aromatic nitrogens is 3. The number of nitrogens with one attached hydrogen (secondary N) is 2. The van der Waals surface area contributed by atoms with Gasteiger partial charge >= 0.3 is 0 Å². The second-order valence-electron chi connectivity index (χ2n) is 4.15. The van der Waals surface area contributed by atoms with Crippen LogP contribution in [0.1, 0.15) is 6.92 Å². The fourth-order valence-corrected chi connectivity index (χ4v) is 3.39. The number of amides is 1. The minimum absolute atomic E-state index is 0.157. The lowest BCUT2D eigenvalue weighted by molar-refractivity contribution is -0.115. The van der Waals surface area contributed by atoms with Crippen molar-refractivity contribution in [3.63, 3.8) is 0 Å². The van der Waals surface area contributed by atoms with Crippen LogP contribution in [0.3, 0.4) is 0 Å². The summed E-state index contributed by atoms with van der Waals surface area (Å²) >= 11 is 8.49. The molecule has 0 bridgehead atoms. The van der Waals surface area contributed by atoms with E-state index in [0.717, 1.165) is 4.34 Å². The van der Waals surface area contributed by atoms with Crippen LogP contribution in [0.25, 0.3) is 0 Å². The molecule has 0 spiro atoms. The van der Waals surface area contributed by atoms with E-state index in [1.54, 1.807) is 25.1 Å². The third-order valence-corrected chi connectivity index (χ3v) is 4.72. The summed E-state index contributed by atoms with van der Waals surface area (Å²) in [4.78, 5) is 16.1. The normalized spacial score (nSPS) is 11.7. The highest BCUT2D eigenvalue weighted by molar-refractivity contribution is 8.02. The van der Waals surface area contributed by atoms with Gasteiger partial charge in [-0.25, -0.2) is 4.98 Å². The summed E-state index contributed by atoms with van der Waals surface area (Å²) in [5, 5.41) is 14.7. The number of pyridine rings is 1. The molecular weight excluding hydrogens is 342 g/mol. The van der Waals surface area contributed by atoms with E-state index >= 15 is 0 Å². The molecule has 6 nitrogen and oxygen atoms in total. The second-order valence-corrected chi connectivity index (χ2v) is 7.16. The van der Waals surface area contributed by atoms with E-state index in [9.17, 15) is 4.79 Å². The van der Waals surface area contributed by atoms with Gasteiger partial charge in [-0.05, 0) is 19.1 Å². The van der Waals surface area contributed by atoms with Crippen molar-refractivity contribution < 1.29 is 4.79 Å². The van der Waals surface area contributed by atoms with Gasteiger partial charge in [0, 0.05) is 12.7 Å². The standard InChI is InChI=1S/C13H14ClN5OS2/c1-3-6-15-12-18-19-13(22-12)21-8(2)11(20)17-10-5-4-9(14)7-16-10/h3-5,7-8H,1,6H2,2H3,(H,15,18)(H,16,17,20)/t8-/m1/s1. The van der Waals surface area contributed by atoms with Gasteiger partial charge in [-0.3, -0.25) is 4.79 Å². The Hall–Kier alpha value is -1.64. The Labute approximate surface area is 141 Å². The van der Waals surface area contributed by atoms with E-state index in [-0.39, 0.29) is 11.2 Å². The first-order chi connectivity index (χ1) is 10.6. The molecule has 0 radical (unpaired) electrons. The van der Waals surface area contributed by atoms with Crippen LogP contribution in [0.2, 0.25) is 5.02 Å². The van der Waals surface area contributed by atoms with Crippen LogP contribution in [0.15, 0.2) is 35.3 Å². The molecular formula is C13H14ClN5OS2. The van der Waals surface area contributed by atoms with Crippen LogP contribution in [0.4, 0.5) is 10.9 Å². The summed E-state index contributed by atoms with van der Waals surface area (Å²) in [6.45, 7) is 6.04. The zero-order chi connectivity index (χ0) is 15.9. The summed E-state index contributed by atoms with van der Waals surface area (Å²) in [6.07, 6.45) is 3.22. The molecule has 9 heteroatoms. The van der Waals surface area contributed by atoms with Crippen molar-refractivity contribution in [3.05, 3.63) is 36.0 Å². The van der Waals surface area contributed by atoms with Crippen molar-refractivity contribution in [1.82, 2.24) is 15.2 Å². The monoisotopic (exact) mass is 355 g/mol. The third kappa shape index (κ3) is 4.97. The zero-order valence-corrected chi connectivity index (χ0v) is 14.1. The minimum Gasteiger partial charge on any atom is -0.357 e. The van der Waals surface area contributed by atoms with Crippen molar-refractivity contribution >= 4 is 51.6 Å². The van der Waals surface area contributed by atoms with E-state index in [4.69, 9.17) is 11.6 Å². The molecule has 0 saturated carbocycles. The number of anilines is 2. The van der Waals surface area contributed by atoms with Crippen molar-refractivity contribution in [1.29, 1.82) is 0 Å². The van der Waals surface area contributed by atoms with Crippen LogP contribution < -0.4 is 10.6 Å². The third-order valence-electron chi connectivity index (χ3n) is 2.43. The van der Waals surface area contributed by atoms with E-state index in [1.165, 1.54) is 29.3 Å². The Bertz CT molecular complexity index is 646. The van der Waals surface area contributed by atoms with Gasteiger partial charge < -0.3 is 10.6 Å². The quantitative estimate of drug-likeness (QED) is 0.586. The Morgan fingerprint density at radius 2 is 2.36 bits per heavy atom. The smallest absolute Gasteiger partial charge is 0.238 e. The largest absolute Gasteiger partial charge is 0.357 e. The first-order valence-corrected chi connectivity index (χ1v) is 8.43. The first kappa shape index (κ1) is 16.7. The Balaban J connectivity index is 1.89. The van der Waals surface area contributed by atoms with E-state index in [2.05, 4.69) is 32.4 Å². The lowest BCUT2D eigenvalue weighted by atomic mass is 10.4. The molecule has 2 rings (SSSR count). The molecule has 2 heterocycles. The molecule has 22 heavy (non-hydrogen) atoms. The molecule has 1 atom stereocenters. The van der Waals surface area contributed by atoms with Gasteiger partial charge in [0.2, 0.25) is 11.0 Å². The fourth-order valence-electron chi connectivity index (χ4n) is 1.37. The molecule has 0 unspecified atom stereocenters. The van der Waals surface area contributed by atoms with Gasteiger partial charge in [0.15, 0.2) is 4.34 Å². The van der Waals surface area contributed by atoms with Crippen molar-refractivity contribution in [2.75, 3.05) is 17.2 Å². The average molecular weight is 356 g/mol. The van der Waals surface area contributed by atoms with Crippen LogP contribution >= 0.6 is 34.7 Å². The van der Waals surface area contributed by atoms with Crippen LogP contribution in [-0.2, 0) is 4.79 Å². The summed E-state index contributed by atoms with van der Waals surface area (Å²) in [5.74, 6) is 0.308. The zero-order valence-electron chi connectivity index (χ0n) is 11.7. The molecule has 0 fully saturated rings. The minimum atomic E-state index is -0.322. The van der Waals surface area contributed by atoms with E-state index in [0.29, 0.717) is 22.5 Å². The molecule has 2 aromatic rings. The lowest BCUT2D eigenvalue weighted by Crippen LogP contribution is -2.22. The Morgan fingerprint density at radius 3 is 3.05 bits per heavy atom. The van der Waals surface area contributed by atoms with Crippen molar-refractivity contribution in [2.45, 2.75) is 16.5 Å². The summed E-state index contributed by atoms with van der Waals surface area (Å²) in [6, 6.07) is 3.32. The van der Waals surface area contributed by atoms with Gasteiger partial charge in [-0.1, -0.05) is 40.8 Å². The molecule has 0 saturated heterocycles. The topological polar surface area (TPSA) is 79.8 Å². The molecule has 2 N–H and O–H groups in total. The van der Waals surface area contributed by atoms with E-state index in [1.807, 2.05) is 0 Å². The Kier molecular flexibility index (Phi) is 6.17. The fraction of sp³-hybridized carbons (Fsp3) is 0.231. The predicted molar refractivity (Wildman–Crippen MR) is 91.8 cm³/mol. The molecule has 0 aromatic carbocycles.